The van der Waals surface area contributed by atoms with Crippen molar-refractivity contribution in [3.8, 4) is 17.4 Å². The Kier molecular flexibility index (Phi) is 1.94. The third-order valence-corrected chi connectivity index (χ3v) is 1.60. The third kappa shape index (κ3) is 1.45. The van der Waals surface area contributed by atoms with Gasteiger partial charge in [-0.05, 0) is 12.1 Å². The maximum atomic E-state index is 9.24. The molecule has 0 radical (unpaired) electrons. The van der Waals surface area contributed by atoms with Gasteiger partial charge in [0.15, 0.2) is 5.82 Å². The van der Waals surface area contributed by atoms with Gasteiger partial charge in [0.05, 0.1) is 6.20 Å². The van der Waals surface area contributed by atoms with E-state index in [0.717, 1.165) is 0 Å². The van der Waals surface area contributed by atoms with E-state index in [1.807, 2.05) is 0 Å². The molecule has 2 aromatic rings. The van der Waals surface area contributed by atoms with Gasteiger partial charge in [-0.25, -0.2) is 4.98 Å². The van der Waals surface area contributed by atoms with Gasteiger partial charge < -0.3 is 10.8 Å². The number of hydrogen-bond acceptors (Lipinski definition) is 6. The van der Waals surface area contributed by atoms with Crippen molar-refractivity contribution in [2.45, 2.75) is 0 Å². The summed E-state index contributed by atoms with van der Waals surface area (Å²) in [5, 5.41) is 16.7. The van der Waals surface area contributed by atoms with Crippen molar-refractivity contribution in [2.75, 3.05) is 5.73 Å². The second kappa shape index (κ2) is 3.25. The fourth-order valence-electron chi connectivity index (χ4n) is 0.926. The van der Waals surface area contributed by atoms with Crippen LogP contribution in [-0.2, 0) is 0 Å². The highest BCUT2D eigenvalue weighted by Gasteiger charge is 2.05. The molecule has 2 heterocycles. The molecule has 0 spiro atoms. The average Bonchev–Trinajstić information content (AvgIpc) is 2.23. The van der Waals surface area contributed by atoms with Crippen molar-refractivity contribution in [3.05, 3.63) is 24.5 Å². The van der Waals surface area contributed by atoms with Gasteiger partial charge in [-0.15, -0.1) is 5.10 Å². The molecule has 0 bridgehead atoms. The summed E-state index contributed by atoms with van der Waals surface area (Å²) in [6, 6.07) is 3.40. The lowest BCUT2D eigenvalue weighted by Gasteiger charge is -1.99. The highest BCUT2D eigenvalue weighted by Crippen LogP contribution is 2.18. The molecule has 0 unspecified atom stereocenters. The number of rotatable bonds is 1. The van der Waals surface area contributed by atoms with Crippen molar-refractivity contribution in [3.63, 3.8) is 0 Å². The number of aromatic hydroxyl groups is 1. The number of hydrogen-bond donors (Lipinski definition) is 2. The molecular formula is C8H7N5O. The minimum Gasteiger partial charge on any atom is -0.492 e. The summed E-state index contributed by atoms with van der Waals surface area (Å²) in [4.78, 5) is 7.67. The number of nitrogens with two attached hydrogens (primary N) is 1. The first-order valence-electron chi connectivity index (χ1n) is 3.87. The van der Waals surface area contributed by atoms with E-state index in [2.05, 4.69) is 20.2 Å². The van der Waals surface area contributed by atoms with Gasteiger partial charge in [0.25, 0.3) is 0 Å². The predicted molar refractivity (Wildman–Crippen MR) is 49.1 cm³/mol. The topological polar surface area (TPSA) is 97.8 Å². The van der Waals surface area contributed by atoms with Crippen LogP contribution in [0.25, 0.3) is 11.5 Å². The van der Waals surface area contributed by atoms with Crippen LogP contribution in [0, 0.1) is 0 Å². The number of nitrogens with zero attached hydrogens (tertiary/aromatic N) is 4. The second-order valence-corrected chi connectivity index (χ2v) is 2.58. The van der Waals surface area contributed by atoms with E-state index in [-0.39, 0.29) is 11.6 Å². The zero-order chi connectivity index (χ0) is 9.97. The van der Waals surface area contributed by atoms with E-state index in [1.165, 1.54) is 6.20 Å². The van der Waals surface area contributed by atoms with Gasteiger partial charge in [-0.3, -0.25) is 0 Å². The Bertz CT molecular complexity index is 445. The molecule has 2 aromatic heterocycles. The zero-order valence-corrected chi connectivity index (χ0v) is 7.12. The largest absolute Gasteiger partial charge is 0.492 e. The molecule has 6 heteroatoms. The van der Waals surface area contributed by atoms with Gasteiger partial charge in [-0.1, -0.05) is 0 Å². The number of anilines is 1. The molecule has 6 nitrogen and oxygen atoms in total. The van der Waals surface area contributed by atoms with Crippen molar-refractivity contribution >= 4 is 5.69 Å². The monoisotopic (exact) mass is 189 g/mol. The van der Waals surface area contributed by atoms with E-state index in [9.17, 15) is 5.11 Å². The maximum absolute atomic E-state index is 9.24. The Morgan fingerprint density at radius 2 is 2.21 bits per heavy atom. The number of nitrogen functional groups attached to an aromatic ring is 1. The molecule has 0 saturated heterocycles. The van der Waals surface area contributed by atoms with Crippen LogP contribution >= 0.6 is 0 Å². The Labute approximate surface area is 79.5 Å². The van der Waals surface area contributed by atoms with Gasteiger partial charge in [0.2, 0.25) is 5.88 Å². The van der Waals surface area contributed by atoms with Crippen LogP contribution in [0.4, 0.5) is 5.69 Å². The molecule has 0 saturated carbocycles. The standard InChI is InChI=1S/C8H7N5O/c9-5-4-10-7(12-8(5)14)6-2-1-3-11-13-6/h1-4H,9H2,(H,10,12,14). The second-order valence-electron chi connectivity index (χ2n) is 2.58. The average molecular weight is 189 g/mol. The van der Waals surface area contributed by atoms with Crippen molar-refractivity contribution in [1.82, 2.24) is 20.2 Å². The summed E-state index contributed by atoms with van der Waals surface area (Å²) in [6.07, 6.45) is 2.87. The molecule has 0 aliphatic rings. The molecule has 0 atom stereocenters. The first-order valence-corrected chi connectivity index (χ1v) is 3.87. The van der Waals surface area contributed by atoms with Crippen LogP contribution in [0.5, 0.6) is 5.88 Å². The third-order valence-electron chi connectivity index (χ3n) is 1.60. The first-order chi connectivity index (χ1) is 6.77. The van der Waals surface area contributed by atoms with Crippen LogP contribution in [-0.4, -0.2) is 25.3 Å². The van der Waals surface area contributed by atoms with Crippen LogP contribution in [0.1, 0.15) is 0 Å². The SMILES string of the molecule is Nc1cnc(-c2cccnn2)nc1O. The maximum Gasteiger partial charge on any atom is 0.238 e. The molecule has 0 aliphatic heterocycles. The van der Waals surface area contributed by atoms with Crippen LogP contribution in [0.3, 0.4) is 0 Å². The van der Waals surface area contributed by atoms with Gasteiger partial charge in [0.1, 0.15) is 11.4 Å². The number of aromatic nitrogens is 4. The van der Waals surface area contributed by atoms with E-state index < -0.39 is 0 Å². The Balaban J connectivity index is 2.48. The van der Waals surface area contributed by atoms with Crippen molar-refractivity contribution in [1.29, 1.82) is 0 Å². The summed E-state index contributed by atoms with van der Waals surface area (Å²) in [7, 11) is 0. The van der Waals surface area contributed by atoms with E-state index in [4.69, 9.17) is 5.73 Å². The Hall–Kier alpha value is -2.24. The van der Waals surface area contributed by atoms with Gasteiger partial charge in [-0.2, -0.15) is 10.1 Å². The van der Waals surface area contributed by atoms with E-state index >= 15 is 0 Å². The summed E-state index contributed by atoms with van der Waals surface area (Å²) < 4.78 is 0. The highest BCUT2D eigenvalue weighted by atomic mass is 16.3. The molecule has 14 heavy (non-hydrogen) atoms. The summed E-state index contributed by atoms with van der Waals surface area (Å²) in [5.74, 6) is 0.0467. The molecule has 0 aromatic carbocycles. The zero-order valence-electron chi connectivity index (χ0n) is 7.12. The Morgan fingerprint density at radius 3 is 2.86 bits per heavy atom. The van der Waals surface area contributed by atoms with Gasteiger partial charge in [0, 0.05) is 6.20 Å². The van der Waals surface area contributed by atoms with E-state index in [0.29, 0.717) is 11.5 Å². The molecule has 2 rings (SSSR count). The normalized spacial score (nSPS) is 10.0. The minimum atomic E-state index is -0.249. The summed E-state index contributed by atoms with van der Waals surface area (Å²) >= 11 is 0. The van der Waals surface area contributed by atoms with Crippen LogP contribution < -0.4 is 5.73 Å². The lowest BCUT2D eigenvalue weighted by Crippen LogP contribution is -1.96. The molecular weight excluding hydrogens is 182 g/mol. The van der Waals surface area contributed by atoms with Crippen molar-refractivity contribution < 1.29 is 5.11 Å². The van der Waals surface area contributed by atoms with Crippen molar-refractivity contribution in [2.24, 2.45) is 0 Å². The summed E-state index contributed by atoms with van der Waals surface area (Å²) in [5.41, 5.74) is 5.98. The quantitative estimate of drug-likeness (QED) is 0.666. The molecule has 70 valence electrons. The minimum absolute atomic E-state index is 0.137. The fourth-order valence-corrected chi connectivity index (χ4v) is 0.926. The van der Waals surface area contributed by atoms with Crippen LogP contribution in [0.2, 0.25) is 0 Å². The van der Waals surface area contributed by atoms with Crippen LogP contribution in [0.15, 0.2) is 24.5 Å². The lowest BCUT2D eigenvalue weighted by atomic mass is 10.3. The van der Waals surface area contributed by atoms with Gasteiger partial charge >= 0.3 is 0 Å². The lowest BCUT2D eigenvalue weighted by molar-refractivity contribution is 0.455. The molecule has 0 fully saturated rings. The highest BCUT2D eigenvalue weighted by molar-refractivity contribution is 5.53. The summed E-state index contributed by atoms with van der Waals surface area (Å²) in [6.45, 7) is 0. The Morgan fingerprint density at radius 1 is 1.36 bits per heavy atom. The molecule has 0 amide bonds. The van der Waals surface area contributed by atoms with E-state index in [1.54, 1.807) is 18.3 Å². The fraction of sp³-hybridized carbons (Fsp3) is 0. The predicted octanol–water partition coefficient (Wildman–Crippen LogP) is 0.221. The smallest absolute Gasteiger partial charge is 0.238 e. The molecule has 3 N–H and O–H groups in total. The molecule has 0 aliphatic carbocycles. The first kappa shape index (κ1) is 8.36.